The Kier molecular flexibility index (Phi) is 2.99. The summed E-state index contributed by atoms with van der Waals surface area (Å²) in [6, 6.07) is 7.42. The highest BCUT2D eigenvalue weighted by Crippen LogP contribution is 2.27. The minimum Gasteiger partial charge on any atom is -0.324 e. The summed E-state index contributed by atoms with van der Waals surface area (Å²) in [6.45, 7) is 0. The number of nitrogens with two attached hydrogens (primary N) is 1. The van der Waals surface area contributed by atoms with Crippen LogP contribution in [0.3, 0.4) is 0 Å². The maximum atomic E-state index is 11.4. The summed E-state index contributed by atoms with van der Waals surface area (Å²) in [4.78, 5) is 0. The van der Waals surface area contributed by atoms with Crippen LogP contribution in [0.2, 0.25) is 5.02 Å². The number of hydrogen-bond donors (Lipinski definition) is 1. The Hall–Kier alpha value is -0.580. The van der Waals surface area contributed by atoms with Crippen LogP contribution in [-0.2, 0) is 16.3 Å². The van der Waals surface area contributed by atoms with Crippen LogP contribution in [0, 0.1) is 0 Å². The highest BCUT2D eigenvalue weighted by atomic mass is 35.5. The largest absolute Gasteiger partial charge is 0.324 e. The number of hydrogen-bond acceptors (Lipinski definition) is 3. The molecule has 0 bridgehead atoms. The van der Waals surface area contributed by atoms with Gasteiger partial charge in [-0.3, -0.25) is 0 Å². The number of rotatable bonds is 2. The van der Waals surface area contributed by atoms with E-state index in [-0.39, 0.29) is 11.5 Å². The predicted molar refractivity (Wildman–Crippen MR) is 65.3 cm³/mol. The van der Waals surface area contributed by atoms with Crippen molar-refractivity contribution >= 4 is 21.4 Å². The molecule has 1 heterocycles. The normalized spacial score (nSPS) is 28.1. The van der Waals surface area contributed by atoms with E-state index < -0.39 is 15.4 Å². The van der Waals surface area contributed by atoms with E-state index in [9.17, 15) is 8.42 Å². The first-order valence-electron chi connectivity index (χ1n) is 5.13. The maximum absolute atomic E-state index is 11.4. The minimum atomic E-state index is -2.95. The van der Waals surface area contributed by atoms with Crippen molar-refractivity contribution in [2.24, 2.45) is 5.73 Å². The molecule has 88 valence electrons. The van der Waals surface area contributed by atoms with Crippen LogP contribution in [0.25, 0.3) is 0 Å². The van der Waals surface area contributed by atoms with Gasteiger partial charge in [0.1, 0.15) is 0 Å². The Morgan fingerprint density at radius 1 is 1.38 bits per heavy atom. The lowest BCUT2D eigenvalue weighted by Crippen LogP contribution is -2.43. The van der Waals surface area contributed by atoms with E-state index in [1.165, 1.54) is 0 Å². The number of halogens is 1. The molecule has 0 spiro atoms. The quantitative estimate of drug-likeness (QED) is 0.873. The lowest BCUT2D eigenvalue weighted by Gasteiger charge is -2.22. The first kappa shape index (κ1) is 11.9. The molecule has 1 aliphatic rings. The molecule has 5 heteroatoms. The van der Waals surface area contributed by atoms with Crippen LogP contribution < -0.4 is 5.73 Å². The molecule has 1 aliphatic heterocycles. The lowest BCUT2D eigenvalue weighted by atomic mass is 9.91. The molecule has 1 aromatic carbocycles. The summed E-state index contributed by atoms with van der Waals surface area (Å²) in [6.07, 6.45) is 1.03. The van der Waals surface area contributed by atoms with Gasteiger partial charge in [0.15, 0.2) is 9.84 Å². The molecule has 16 heavy (non-hydrogen) atoms. The van der Waals surface area contributed by atoms with Gasteiger partial charge in [-0.2, -0.15) is 0 Å². The topological polar surface area (TPSA) is 60.2 Å². The standard InChI is InChI=1S/C11H14ClNO2S/c12-10-4-2-1-3-9(10)7-11(13)5-6-16(14,15)8-11/h1-4H,5-8,13H2. The van der Waals surface area contributed by atoms with Crippen LogP contribution in [-0.4, -0.2) is 25.5 Å². The average molecular weight is 260 g/mol. The Morgan fingerprint density at radius 2 is 2.06 bits per heavy atom. The van der Waals surface area contributed by atoms with Crippen LogP contribution >= 0.6 is 11.6 Å². The van der Waals surface area contributed by atoms with Crippen molar-refractivity contribution < 1.29 is 8.42 Å². The molecule has 0 aromatic heterocycles. The summed E-state index contributed by atoms with van der Waals surface area (Å²) in [5, 5.41) is 0.650. The lowest BCUT2D eigenvalue weighted by molar-refractivity contribution is 0.476. The third-order valence-electron chi connectivity index (χ3n) is 2.92. The van der Waals surface area contributed by atoms with Gasteiger partial charge in [-0.25, -0.2) is 8.42 Å². The van der Waals surface area contributed by atoms with Gasteiger partial charge in [0, 0.05) is 10.6 Å². The molecule has 2 rings (SSSR count). The number of sulfone groups is 1. The fourth-order valence-electron chi connectivity index (χ4n) is 2.10. The molecule has 0 aliphatic carbocycles. The van der Waals surface area contributed by atoms with Crippen LogP contribution in [0.5, 0.6) is 0 Å². The van der Waals surface area contributed by atoms with Gasteiger partial charge in [-0.05, 0) is 24.5 Å². The molecule has 1 fully saturated rings. The van der Waals surface area contributed by atoms with Crippen molar-refractivity contribution in [1.29, 1.82) is 0 Å². The molecule has 3 nitrogen and oxygen atoms in total. The van der Waals surface area contributed by atoms with E-state index in [0.29, 0.717) is 17.9 Å². The van der Waals surface area contributed by atoms with Crippen molar-refractivity contribution in [3.8, 4) is 0 Å². The maximum Gasteiger partial charge on any atom is 0.152 e. The Bertz CT molecular complexity index is 500. The summed E-state index contributed by atoms with van der Waals surface area (Å²) in [7, 11) is -2.95. The van der Waals surface area contributed by atoms with Gasteiger partial charge in [-0.15, -0.1) is 0 Å². The fourth-order valence-corrected chi connectivity index (χ4v) is 4.29. The van der Waals surface area contributed by atoms with Crippen molar-refractivity contribution in [3.63, 3.8) is 0 Å². The summed E-state index contributed by atoms with van der Waals surface area (Å²) >= 11 is 6.03. The van der Waals surface area contributed by atoms with E-state index >= 15 is 0 Å². The molecule has 0 radical (unpaired) electrons. The Labute approximate surface area is 101 Å². The van der Waals surface area contributed by atoms with E-state index in [2.05, 4.69) is 0 Å². The first-order valence-corrected chi connectivity index (χ1v) is 7.33. The fraction of sp³-hybridized carbons (Fsp3) is 0.455. The van der Waals surface area contributed by atoms with Crippen molar-refractivity contribution in [3.05, 3.63) is 34.9 Å². The predicted octanol–water partition coefficient (Wildman–Crippen LogP) is 1.40. The van der Waals surface area contributed by atoms with Gasteiger partial charge in [-0.1, -0.05) is 29.8 Å². The van der Waals surface area contributed by atoms with Crippen molar-refractivity contribution in [2.45, 2.75) is 18.4 Å². The summed E-state index contributed by atoms with van der Waals surface area (Å²) < 4.78 is 22.8. The van der Waals surface area contributed by atoms with Crippen LogP contribution in [0.15, 0.2) is 24.3 Å². The minimum absolute atomic E-state index is 0.0607. The molecule has 1 unspecified atom stereocenters. The summed E-state index contributed by atoms with van der Waals surface area (Å²) in [5.41, 5.74) is 6.37. The molecule has 1 atom stereocenters. The van der Waals surface area contributed by atoms with Gasteiger partial charge in [0.25, 0.3) is 0 Å². The van der Waals surface area contributed by atoms with Crippen molar-refractivity contribution in [1.82, 2.24) is 0 Å². The van der Waals surface area contributed by atoms with Crippen molar-refractivity contribution in [2.75, 3.05) is 11.5 Å². The zero-order valence-electron chi connectivity index (χ0n) is 8.82. The van der Waals surface area contributed by atoms with Gasteiger partial charge < -0.3 is 5.73 Å². The molecule has 1 saturated heterocycles. The first-order chi connectivity index (χ1) is 7.40. The third-order valence-corrected chi connectivity index (χ3v) is 5.13. The second kappa shape index (κ2) is 4.02. The molecular weight excluding hydrogens is 246 g/mol. The van der Waals surface area contributed by atoms with Crippen LogP contribution in [0.1, 0.15) is 12.0 Å². The highest BCUT2D eigenvalue weighted by Gasteiger charge is 2.39. The van der Waals surface area contributed by atoms with E-state index in [1.807, 2.05) is 18.2 Å². The van der Waals surface area contributed by atoms with Gasteiger partial charge in [0.2, 0.25) is 0 Å². The Balaban J connectivity index is 2.20. The second-order valence-corrected chi connectivity index (χ2v) is 7.06. The van der Waals surface area contributed by atoms with Crippen LogP contribution in [0.4, 0.5) is 0 Å². The monoisotopic (exact) mass is 259 g/mol. The van der Waals surface area contributed by atoms with E-state index in [1.54, 1.807) is 6.07 Å². The molecule has 2 N–H and O–H groups in total. The Morgan fingerprint density at radius 3 is 2.62 bits per heavy atom. The van der Waals surface area contributed by atoms with Gasteiger partial charge >= 0.3 is 0 Å². The smallest absolute Gasteiger partial charge is 0.152 e. The summed E-state index contributed by atoms with van der Waals surface area (Å²) in [5.74, 6) is 0.249. The van der Waals surface area contributed by atoms with Gasteiger partial charge in [0.05, 0.1) is 11.5 Å². The molecule has 1 aromatic rings. The molecule has 0 amide bonds. The zero-order valence-corrected chi connectivity index (χ0v) is 10.4. The SMILES string of the molecule is NC1(Cc2ccccc2Cl)CCS(=O)(=O)C1. The van der Waals surface area contributed by atoms with E-state index in [4.69, 9.17) is 17.3 Å². The molecular formula is C11H14ClNO2S. The number of benzene rings is 1. The zero-order chi connectivity index (χ0) is 11.8. The highest BCUT2D eigenvalue weighted by molar-refractivity contribution is 7.91. The second-order valence-electron chi connectivity index (χ2n) is 4.47. The molecule has 0 saturated carbocycles. The average Bonchev–Trinajstić information content (AvgIpc) is 2.45. The third kappa shape index (κ3) is 2.56. The van der Waals surface area contributed by atoms with E-state index in [0.717, 1.165) is 5.56 Å².